The van der Waals surface area contributed by atoms with E-state index in [0.29, 0.717) is 5.92 Å². The average Bonchev–Trinajstić information content (AvgIpc) is 2.36. The van der Waals surface area contributed by atoms with E-state index in [1.54, 1.807) is 12.1 Å². The van der Waals surface area contributed by atoms with Crippen molar-refractivity contribution < 1.29 is 8.42 Å². The van der Waals surface area contributed by atoms with Crippen LogP contribution in [0.1, 0.15) is 18.4 Å². The van der Waals surface area contributed by atoms with Crippen LogP contribution in [-0.2, 0) is 15.8 Å². The minimum absolute atomic E-state index is 0.110. The number of likely N-dealkylation sites (tertiary alicyclic amines) is 1. The topological polar surface area (TPSA) is 75.4 Å². The molecule has 1 aliphatic heterocycles. The van der Waals surface area contributed by atoms with E-state index in [1.807, 2.05) is 12.1 Å². The number of nitrogens with zero attached hydrogens (tertiary/aromatic N) is 1. The first-order chi connectivity index (χ1) is 9.42. The van der Waals surface area contributed by atoms with E-state index < -0.39 is 10.0 Å². The highest BCUT2D eigenvalue weighted by molar-refractivity contribution is 7.88. The maximum absolute atomic E-state index is 11.0. The van der Waals surface area contributed by atoms with Gasteiger partial charge in [-0.05, 0) is 50.0 Å². The Balaban J connectivity index is 1.84. The van der Waals surface area contributed by atoms with Crippen molar-refractivity contribution in [2.45, 2.75) is 18.6 Å². The molecule has 0 aliphatic carbocycles. The van der Waals surface area contributed by atoms with Gasteiger partial charge in [-0.3, -0.25) is 0 Å². The molecule has 20 heavy (non-hydrogen) atoms. The van der Waals surface area contributed by atoms with Crippen molar-refractivity contribution in [1.29, 1.82) is 0 Å². The average molecular weight is 297 g/mol. The van der Waals surface area contributed by atoms with Crippen LogP contribution in [0.2, 0.25) is 0 Å². The van der Waals surface area contributed by atoms with Crippen LogP contribution in [-0.4, -0.2) is 40.0 Å². The summed E-state index contributed by atoms with van der Waals surface area (Å²) in [5, 5.41) is 8.44. The first-order valence-electron chi connectivity index (χ1n) is 6.94. The van der Waals surface area contributed by atoms with Crippen LogP contribution in [0, 0.1) is 5.92 Å². The summed E-state index contributed by atoms with van der Waals surface area (Å²) in [7, 11) is -1.29. The highest BCUT2D eigenvalue weighted by Gasteiger charge is 2.16. The normalized spacial score (nSPS) is 20.8. The fraction of sp³-hybridized carbons (Fsp3) is 0.571. The molecule has 1 heterocycles. The second-order valence-corrected chi connectivity index (χ2v) is 7.27. The second kappa shape index (κ2) is 6.56. The van der Waals surface area contributed by atoms with Gasteiger partial charge in [0.2, 0.25) is 10.0 Å². The van der Waals surface area contributed by atoms with Gasteiger partial charge in [0.05, 0.1) is 5.75 Å². The summed E-state index contributed by atoms with van der Waals surface area (Å²) in [5.41, 5.74) is 1.74. The Labute approximate surface area is 121 Å². The van der Waals surface area contributed by atoms with Crippen LogP contribution in [0.3, 0.4) is 0 Å². The van der Waals surface area contributed by atoms with E-state index in [0.717, 1.165) is 24.3 Å². The van der Waals surface area contributed by atoms with E-state index >= 15 is 0 Å². The van der Waals surface area contributed by atoms with E-state index in [2.05, 4.69) is 17.3 Å². The number of hydrogen-bond acceptors (Lipinski definition) is 4. The molecule has 0 aromatic heterocycles. The Bertz CT molecular complexity index is 528. The number of rotatable bonds is 5. The number of nitrogens with two attached hydrogens (primary N) is 1. The highest BCUT2D eigenvalue weighted by Crippen LogP contribution is 2.17. The Morgan fingerprint density at radius 3 is 2.65 bits per heavy atom. The van der Waals surface area contributed by atoms with Crippen molar-refractivity contribution in [1.82, 2.24) is 4.90 Å². The molecule has 1 aromatic carbocycles. The smallest absolute Gasteiger partial charge is 0.213 e. The van der Waals surface area contributed by atoms with Crippen molar-refractivity contribution in [3.05, 3.63) is 29.8 Å². The molecular weight excluding hydrogens is 274 g/mol. The Morgan fingerprint density at radius 2 is 2.05 bits per heavy atom. The van der Waals surface area contributed by atoms with Crippen LogP contribution in [0.15, 0.2) is 24.3 Å². The molecule has 6 heteroatoms. The van der Waals surface area contributed by atoms with Gasteiger partial charge < -0.3 is 10.2 Å². The van der Waals surface area contributed by atoms with E-state index in [-0.39, 0.29) is 5.75 Å². The molecule has 5 nitrogen and oxygen atoms in total. The lowest BCUT2D eigenvalue weighted by Crippen LogP contribution is -2.35. The van der Waals surface area contributed by atoms with Gasteiger partial charge in [-0.15, -0.1) is 0 Å². The zero-order valence-corrected chi connectivity index (χ0v) is 12.7. The summed E-state index contributed by atoms with van der Waals surface area (Å²) in [6, 6.07) is 7.43. The fourth-order valence-corrected chi connectivity index (χ4v) is 3.31. The van der Waals surface area contributed by atoms with Crippen molar-refractivity contribution in [2.75, 3.05) is 32.0 Å². The molecule has 1 atom stereocenters. The van der Waals surface area contributed by atoms with Crippen molar-refractivity contribution >= 4 is 15.7 Å². The number of nitrogens with one attached hydrogen (secondary N) is 1. The van der Waals surface area contributed by atoms with Crippen LogP contribution >= 0.6 is 0 Å². The predicted octanol–water partition coefficient (Wildman–Crippen LogP) is 1.23. The molecule has 0 spiro atoms. The zero-order chi connectivity index (χ0) is 14.6. The zero-order valence-electron chi connectivity index (χ0n) is 11.9. The minimum atomic E-state index is -3.45. The van der Waals surface area contributed by atoms with Crippen molar-refractivity contribution in [3.63, 3.8) is 0 Å². The summed E-state index contributed by atoms with van der Waals surface area (Å²) < 4.78 is 22.0. The molecule has 1 saturated heterocycles. The number of primary sulfonamides is 1. The summed E-state index contributed by atoms with van der Waals surface area (Å²) in [6.45, 7) is 3.29. The third-order valence-electron chi connectivity index (χ3n) is 3.64. The first kappa shape index (κ1) is 15.3. The SMILES string of the molecule is CN1CCCC(CNc2ccc(CS(N)(=O)=O)cc2)C1. The molecule has 0 saturated carbocycles. The van der Waals surface area contributed by atoms with Crippen LogP contribution in [0.4, 0.5) is 5.69 Å². The monoisotopic (exact) mass is 297 g/mol. The number of sulfonamides is 1. The lowest BCUT2D eigenvalue weighted by molar-refractivity contribution is 0.217. The Kier molecular flexibility index (Phi) is 5.01. The Morgan fingerprint density at radius 1 is 1.35 bits per heavy atom. The lowest BCUT2D eigenvalue weighted by Gasteiger charge is -2.30. The van der Waals surface area contributed by atoms with Gasteiger partial charge in [0.15, 0.2) is 0 Å². The number of hydrogen-bond donors (Lipinski definition) is 2. The molecule has 0 bridgehead atoms. The van der Waals surface area contributed by atoms with Gasteiger partial charge in [-0.2, -0.15) is 0 Å². The predicted molar refractivity (Wildman–Crippen MR) is 82.0 cm³/mol. The van der Waals surface area contributed by atoms with Crippen LogP contribution in [0.5, 0.6) is 0 Å². The lowest BCUT2D eigenvalue weighted by atomic mass is 9.98. The summed E-state index contributed by atoms with van der Waals surface area (Å²) >= 11 is 0. The molecule has 1 unspecified atom stereocenters. The molecule has 0 radical (unpaired) electrons. The van der Waals surface area contributed by atoms with E-state index in [4.69, 9.17) is 5.14 Å². The first-order valence-corrected chi connectivity index (χ1v) is 8.66. The van der Waals surface area contributed by atoms with E-state index in [1.165, 1.54) is 19.4 Å². The summed E-state index contributed by atoms with van der Waals surface area (Å²) in [6.07, 6.45) is 2.52. The molecule has 1 aliphatic rings. The molecule has 1 aromatic rings. The molecule has 2 rings (SSSR count). The van der Waals surface area contributed by atoms with Crippen LogP contribution < -0.4 is 10.5 Å². The maximum Gasteiger partial charge on any atom is 0.213 e. The molecule has 1 fully saturated rings. The quantitative estimate of drug-likeness (QED) is 0.857. The molecule has 0 amide bonds. The Hall–Kier alpha value is -1.11. The largest absolute Gasteiger partial charge is 0.385 e. The fourth-order valence-electron chi connectivity index (χ4n) is 2.65. The highest BCUT2D eigenvalue weighted by atomic mass is 32.2. The molecule has 112 valence electrons. The summed E-state index contributed by atoms with van der Waals surface area (Å²) in [5.74, 6) is 0.568. The number of anilines is 1. The summed E-state index contributed by atoms with van der Waals surface area (Å²) in [4.78, 5) is 2.37. The standard InChI is InChI=1S/C14H23N3O2S/c1-17-8-2-3-13(10-17)9-16-14-6-4-12(5-7-14)11-20(15,18)19/h4-7,13,16H,2-3,8-11H2,1H3,(H2,15,18,19). The molecule has 3 N–H and O–H groups in total. The van der Waals surface area contributed by atoms with Gasteiger partial charge in [0.1, 0.15) is 0 Å². The third-order valence-corrected chi connectivity index (χ3v) is 4.37. The van der Waals surface area contributed by atoms with Gasteiger partial charge in [0, 0.05) is 18.8 Å². The van der Waals surface area contributed by atoms with Gasteiger partial charge >= 0.3 is 0 Å². The minimum Gasteiger partial charge on any atom is -0.385 e. The van der Waals surface area contributed by atoms with Crippen LogP contribution in [0.25, 0.3) is 0 Å². The maximum atomic E-state index is 11.0. The molecular formula is C14H23N3O2S. The van der Waals surface area contributed by atoms with Gasteiger partial charge in [0.25, 0.3) is 0 Å². The van der Waals surface area contributed by atoms with Crippen molar-refractivity contribution in [3.8, 4) is 0 Å². The number of benzene rings is 1. The third kappa shape index (κ3) is 5.11. The van der Waals surface area contributed by atoms with Crippen molar-refractivity contribution in [2.24, 2.45) is 11.1 Å². The number of piperidine rings is 1. The van der Waals surface area contributed by atoms with Gasteiger partial charge in [-0.25, -0.2) is 13.6 Å². The van der Waals surface area contributed by atoms with E-state index in [9.17, 15) is 8.42 Å². The van der Waals surface area contributed by atoms with Gasteiger partial charge in [-0.1, -0.05) is 12.1 Å². The second-order valence-electron chi connectivity index (χ2n) is 5.66.